The fourth-order valence-corrected chi connectivity index (χ4v) is 3.01. The zero-order valence-corrected chi connectivity index (χ0v) is 15.1. The summed E-state index contributed by atoms with van der Waals surface area (Å²) >= 11 is 12.2. The lowest BCUT2D eigenvalue weighted by Crippen LogP contribution is -2.49. The standard InChI is InChI=1S/C15H21Cl2N3O.ClH/c1-11(13-4-3-12(16)9-14(13)17)19(2)10-15(21)20-7-5-18-6-8-20;/h3-4,9,11,18H,5-8,10H2,1-2H3;1H. The Labute approximate surface area is 148 Å². The van der Waals surface area contributed by atoms with E-state index in [1.165, 1.54) is 0 Å². The molecule has 1 fully saturated rings. The Kier molecular flexibility index (Phi) is 7.94. The fraction of sp³-hybridized carbons (Fsp3) is 0.533. The summed E-state index contributed by atoms with van der Waals surface area (Å²) in [4.78, 5) is 16.2. The number of carbonyl (C=O) groups excluding carboxylic acids is 1. The highest BCUT2D eigenvalue weighted by molar-refractivity contribution is 6.35. The number of nitrogens with zero attached hydrogens (tertiary/aromatic N) is 2. The van der Waals surface area contributed by atoms with Crippen LogP contribution in [0.3, 0.4) is 0 Å². The average molecular weight is 367 g/mol. The van der Waals surface area contributed by atoms with E-state index in [9.17, 15) is 4.79 Å². The number of amides is 1. The van der Waals surface area contributed by atoms with Gasteiger partial charge in [-0.05, 0) is 31.7 Å². The van der Waals surface area contributed by atoms with Gasteiger partial charge in [0.25, 0.3) is 0 Å². The molecule has 0 radical (unpaired) electrons. The highest BCUT2D eigenvalue weighted by Gasteiger charge is 2.21. The van der Waals surface area contributed by atoms with Crippen molar-refractivity contribution in [1.82, 2.24) is 15.1 Å². The highest BCUT2D eigenvalue weighted by Crippen LogP contribution is 2.28. The summed E-state index contributed by atoms with van der Waals surface area (Å²) in [5.41, 5.74) is 0.983. The van der Waals surface area contributed by atoms with Gasteiger partial charge >= 0.3 is 0 Å². The van der Waals surface area contributed by atoms with E-state index in [1.54, 1.807) is 6.07 Å². The van der Waals surface area contributed by atoms with E-state index in [0.717, 1.165) is 31.7 Å². The Morgan fingerprint density at radius 3 is 2.59 bits per heavy atom. The van der Waals surface area contributed by atoms with Crippen LogP contribution in [0.15, 0.2) is 18.2 Å². The quantitative estimate of drug-likeness (QED) is 0.890. The van der Waals surface area contributed by atoms with Crippen LogP contribution in [0.4, 0.5) is 0 Å². The third-order valence-corrected chi connectivity index (χ3v) is 4.49. The Bertz CT molecular complexity index is 507. The molecule has 2 rings (SSSR count). The maximum Gasteiger partial charge on any atom is 0.236 e. The number of nitrogens with one attached hydrogen (secondary N) is 1. The van der Waals surface area contributed by atoms with Crippen LogP contribution in [0.25, 0.3) is 0 Å². The molecular weight excluding hydrogens is 345 g/mol. The van der Waals surface area contributed by atoms with Gasteiger partial charge in [0.2, 0.25) is 5.91 Å². The molecule has 1 atom stereocenters. The predicted molar refractivity (Wildman–Crippen MR) is 94.2 cm³/mol. The van der Waals surface area contributed by atoms with Gasteiger partial charge in [-0.2, -0.15) is 0 Å². The van der Waals surface area contributed by atoms with Gasteiger partial charge in [-0.25, -0.2) is 0 Å². The monoisotopic (exact) mass is 365 g/mol. The van der Waals surface area contributed by atoms with Crippen LogP contribution in [-0.2, 0) is 4.79 Å². The number of hydrogen-bond acceptors (Lipinski definition) is 3. The number of piperazine rings is 1. The summed E-state index contributed by atoms with van der Waals surface area (Å²) in [6.07, 6.45) is 0. The summed E-state index contributed by atoms with van der Waals surface area (Å²) in [6.45, 7) is 5.73. The lowest BCUT2D eigenvalue weighted by Gasteiger charge is -2.31. The van der Waals surface area contributed by atoms with Crippen molar-refractivity contribution in [3.05, 3.63) is 33.8 Å². The van der Waals surface area contributed by atoms with Crippen LogP contribution in [0, 0.1) is 0 Å². The Balaban J connectivity index is 0.00000242. The molecule has 1 amide bonds. The minimum absolute atomic E-state index is 0. The first-order valence-electron chi connectivity index (χ1n) is 7.12. The van der Waals surface area contributed by atoms with Crippen LogP contribution >= 0.6 is 35.6 Å². The predicted octanol–water partition coefficient (Wildman–Crippen LogP) is 2.84. The maximum atomic E-state index is 12.3. The molecule has 4 nitrogen and oxygen atoms in total. The van der Waals surface area contributed by atoms with Gasteiger partial charge in [-0.3, -0.25) is 9.69 Å². The SMILES string of the molecule is CC(c1ccc(Cl)cc1Cl)N(C)CC(=O)N1CCNCC1.Cl. The van der Waals surface area contributed by atoms with Crippen LogP contribution in [0.5, 0.6) is 0 Å². The molecule has 1 heterocycles. The van der Waals surface area contributed by atoms with Crippen molar-refractivity contribution < 1.29 is 4.79 Å². The van der Waals surface area contributed by atoms with Crippen molar-refractivity contribution in [3.8, 4) is 0 Å². The van der Waals surface area contributed by atoms with Crippen molar-refractivity contribution in [2.75, 3.05) is 39.8 Å². The fourth-order valence-electron chi connectivity index (χ4n) is 2.44. The molecule has 1 saturated heterocycles. The normalized spacial score (nSPS) is 16.3. The van der Waals surface area contributed by atoms with Crippen molar-refractivity contribution in [1.29, 1.82) is 0 Å². The van der Waals surface area contributed by atoms with Crippen LogP contribution in [-0.4, -0.2) is 55.5 Å². The van der Waals surface area contributed by atoms with E-state index in [-0.39, 0.29) is 24.4 Å². The zero-order chi connectivity index (χ0) is 15.4. The molecule has 7 heteroatoms. The highest BCUT2D eigenvalue weighted by atomic mass is 35.5. The average Bonchev–Trinajstić information content (AvgIpc) is 2.47. The van der Waals surface area contributed by atoms with Crippen LogP contribution in [0.1, 0.15) is 18.5 Å². The van der Waals surface area contributed by atoms with E-state index in [4.69, 9.17) is 23.2 Å². The number of hydrogen-bond donors (Lipinski definition) is 1. The van der Waals surface area contributed by atoms with E-state index in [0.29, 0.717) is 16.6 Å². The maximum absolute atomic E-state index is 12.3. The van der Waals surface area contributed by atoms with Gasteiger partial charge in [0.05, 0.1) is 6.54 Å². The number of likely N-dealkylation sites (N-methyl/N-ethyl adjacent to an activating group) is 1. The second kappa shape index (κ2) is 8.94. The molecule has 1 aliphatic heterocycles. The molecule has 0 aromatic heterocycles. The molecule has 0 aliphatic carbocycles. The van der Waals surface area contributed by atoms with Gasteiger partial charge in [-0.1, -0.05) is 29.3 Å². The third-order valence-electron chi connectivity index (χ3n) is 3.93. The molecule has 1 aliphatic rings. The molecule has 0 spiro atoms. The van der Waals surface area contributed by atoms with Gasteiger partial charge in [0, 0.05) is 42.3 Å². The molecule has 22 heavy (non-hydrogen) atoms. The van der Waals surface area contributed by atoms with E-state index < -0.39 is 0 Å². The minimum Gasteiger partial charge on any atom is -0.339 e. The summed E-state index contributed by atoms with van der Waals surface area (Å²) in [6, 6.07) is 5.54. The number of halogens is 3. The molecule has 1 N–H and O–H groups in total. The number of rotatable bonds is 4. The second-order valence-electron chi connectivity index (χ2n) is 5.39. The molecule has 1 aromatic carbocycles. The lowest BCUT2D eigenvalue weighted by molar-refractivity contribution is -0.133. The third kappa shape index (κ3) is 5.00. The van der Waals surface area contributed by atoms with Gasteiger partial charge in [0.1, 0.15) is 0 Å². The molecule has 0 bridgehead atoms. The van der Waals surface area contributed by atoms with Gasteiger partial charge in [-0.15, -0.1) is 12.4 Å². The van der Waals surface area contributed by atoms with Crippen molar-refractivity contribution in [2.45, 2.75) is 13.0 Å². The summed E-state index contributed by atoms with van der Waals surface area (Å²) in [5.74, 6) is 0.163. The summed E-state index contributed by atoms with van der Waals surface area (Å²) < 4.78 is 0. The molecular formula is C15H22Cl3N3O. The second-order valence-corrected chi connectivity index (χ2v) is 6.23. The van der Waals surface area contributed by atoms with Gasteiger partial charge < -0.3 is 10.2 Å². The first kappa shape index (κ1) is 19.5. The Morgan fingerprint density at radius 1 is 1.36 bits per heavy atom. The van der Waals surface area contributed by atoms with Crippen LogP contribution < -0.4 is 5.32 Å². The lowest BCUT2D eigenvalue weighted by atomic mass is 10.1. The Morgan fingerprint density at radius 2 is 2.00 bits per heavy atom. The minimum atomic E-state index is 0. The molecule has 0 saturated carbocycles. The first-order chi connectivity index (χ1) is 9.99. The number of carbonyl (C=O) groups is 1. The first-order valence-corrected chi connectivity index (χ1v) is 7.88. The van der Waals surface area contributed by atoms with Crippen molar-refractivity contribution >= 4 is 41.5 Å². The number of benzene rings is 1. The van der Waals surface area contributed by atoms with Gasteiger partial charge in [0.15, 0.2) is 0 Å². The van der Waals surface area contributed by atoms with Crippen molar-refractivity contribution in [2.24, 2.45) is 0 Å². The molecule has 1 unspecified atom stereocenters. The van der Waals surface area contributed by atoms with Crippen LogP contribution in [0.2, 0.25) is 10.0 Å². The summed E-state index contributed by atoms with van der Waals surface area (Å²) in [5, 5.41) is 4.50. The zero-order valence-electron chi connectivity index (χ0n) is 12.8. The molecule has 124 valence electrons. The topological polar surface area (TPSA) is 35.6 Å². The van der Waals surface area contributed by atoms with Crippen molar-refractivity contribution in [3.63, 3.8) is 0 Å². The largest absolute Gasteiger partial charge is 0.339 e. The van der Waals surface area contributed by atoms with E-state index in [1.807, 2.05) is 35.9 Å². The smallest absolute Gasteiger partial charge is 0.236 e. The Hall–Kier alpha value is -0.520. The molecule has 1 aromatic rings. The summed E-state index contributed by atoms with van der Waals surface area (Å²) in [7, 11) is 1.94. The van der Waals surface area contributed by atoms with E-state index in [2.05, 4.69) is 5.32 Å². The van der Waals surface area contributed by atoms with E-state index >= 15 is 0 Å².